The third-order valence-corrected chi connectivity index (χ3v) is 4.19. The Labute approximate surface area is 137 Å². The molecule has 5 rings (SSSR count). The zero-order valence-corrected chi connectivity index (χ0v) is 13.3. The summed E-state index contributed by atoms with van der Waals surface area (Å²) >= 11 is 0. The van der Waals surface area contributed by atoms with Gasteiger partial charge in [0.1, 0.15) is 11.6 Å². The quantitative estimate of drug-likeness (QED) is 0.494. The van der Waals surface area contributed by atoms with Gasteiger partial charge in [0.25, 0.3) is 0 Å². The lowest BCUT2D eigenvalue weighted by atomic mass is 10.1. The summed E-state index contributed by atoms with van der Waals surface area (Å²) in [6.07, 6.45) is 1.73. The van der Waals surface area contributed by atoms with Crippen molar-refractivity contribution in [3.05, 3.63) is 48.0 Å². The molecule has 116 valence electrons. The number of fused-ring (bicyclic) bond motifs is 4. The number of hydrogen-bond acceptors (Lipinski definition) is 4. The molecule has 0 spiro atoms. The predicted octanol–water partition coefficient (Wildman–Crippen LogP) is 3.67. The number of aromatic nitrogens is 6. The zero-order chi connectivity index (χ0) is 16.3. The van der Waals surface area contributed by atoms with Crippen molar-refractivity contribution in [3.63, 3.8) is 0 Å². The van der Waals surface area contributed by atoms with Gasteiger partial charge in [-0.1, -0.05) is 18.2 Å². The molecule has 0 amide bonds. The summed E-state index contributed by atoms with van der Waals surface area (Å²) in [6.45, 7) is 3.89. The lowest BCUT2D eigenvalue weighted by Gasteiger charge is -2.02. The molecule has 0 aliphatic carbocycles. The van der Waals surface area contributed by atoms with Crippen LogP contribution < -0.4 is 0 Å². The van der Waals surface area contributed by atoms with Gasteiger partial charge in [-0.3, -0.25) is 0 Å². The van der Waals surface area contributed by atoms with E-state index in [1.54, 1.807) is 6.20 Å². The Morgan fingerprint density at radius 3 is 2.75 bits per heavy atom. The molecule has 0 unspecified atom stereocenters. The molecule has 0 fully saturated rings. The van der Waals surface area contributed by atoms with E-state index >= 15 is 0 Å². The van der Waals surface area contributed by atoms with E-state index in [-0.39, 0.29) is 0 Å². The lowest BCUT2D eigenvalue weighted by Crippen LogP contribution is -1.84. The molecule has 3 aromatic heterocycles. The summed E-state index contributed by atoms with van der Waals surface area (Å²) in [4.78, 5) is 24.4. The van der Waals surface area contributed by atoms with Gasteiger partial charge in [-0.05, 0) is 31.4 Å². The highest BCUT2D eigenvalue weighted by Gasteiger charge is 2.10. The van der Waals surface area contributed by atoms with E-state index < -0.39 is 0 Å². The van der Waals surface area contributed by atoms with Crippen molar-refractivity contribution in [2.75, 3.05) is 0 Å². The van der Waals surface area contributed by atoms with Crippen LogP contribution in [0.25, 0.3) is 44.5 Å². The maximum atomic E-state index is 4.59. The standard InChI is InChI=1S/C18H14N6/c1-9-8-19-17-18(20-9)24-16(23-17)12-3-5-13-11(7-12)4-6-14-15(13)22-10(2)21-14/h3-8H,1-2H3,(H,21,22)(H,19,20,23,24). The van der Waals surface area contributed by atoms with E-state index in [1.807, 2.05) is 13.8 Å². The highest BCUT2D eigenvalue weighted by Crippen LogP contribution is 2.28. The monoisotopic (exact) mass is 314 g/mol. The minimum Gasteiger partial charge on any atom is -0.342 e. The van der Waals surface area contributed by atoms with E-state index in [2.05, 4.69) is 60.2 Å². The molecule has 24 heavy (non-hydrogen) atoms. The number of H-pyrrole nitrogens is 2. The third-order valence-electron chi connectivity index (χ3n) is 4.19. The second-order valence-corrected chi connectivity index (χ2v) is 5.99. The summed E-state index contributed by atoms with van der Waals surface area (Å²) in [5.41, 5.74) is 5.28. The van der Waals surface area contributed by atoms with Crippen molar-refractivity contribution in [2.24, 2.45) is 0 Å². The number of aryl methyl sites for hydroxylation is 2. The second kappa shape index (κ2) is 4.61. The Morgan fingerprint density at radius 2 is 1.83 bits per heavy atom. The Bertz CT molecular complexity index is 1230. The van der Waals surface area contributed by atoms with Gasteiger partial charge in [0, 0.05) is 10.9 Å². The summed E-state index contributed by atoms with van der Waals surface area (Å²) in [7, 11) is 0. The van der Waals surface area contributed by atoms with Crippen LogP contribution in [0.4, 0.5) is 0 Å². The predicted molar refractivity (Wildman–Crippen MR) is 93.8 cm³/mol. The number of nitrogens with zero attached hydrogens (tertiary/aromatic N) is 4. The van der Waals surface area contributed by atoms with Crippen LogP contribution in [0.15, 0.2) is 36.5 Å². The fourth-order valence-corrected chi connectivity index (χ4v) is 3.09. The van der Waals surface area contributed by atoms with Crippen molar-refractivity contribution < 1.29 is 0 Å². The van der Waals surface area contributed by atoms with Gasteiger partial charge in [0.15, 0.2) is 11.3 Å². The van der Waals surface area contributed by atoms with Crippen LogP contribution >= 0.6 is 0 Å². The first-order valence-electron chi connectivity index (χ1n) is 7.76. The van der Waals surface area contributed by atoms with Crippen LogP contribution in [-0.2, 0) is 0 Å². The first-order chi connectivity index (χ1) is 11.7. The molecule has 0 bridgehead atoms. The number of imidazole rings is 2. The fraction of sp³-hybridized carbons (Fsp3) is 0.111. The average molecular weight is 314 g/mol. The van der Waals surface area contributed by atoms with Crippen molar-refractivity contribution in [1.82, 2.24) is 29.9 Å². The van der Waals surface area contributed by atoms with Crippen LogP contribution in [0, 0.1) is 13.8 Å². The molecule has 0 aliphatic heterocycles. The Kier molecular flexibility index (Phi) is 2.53. The molecule has 2 N–H and O–H groups in total. The maximum Gasteiger partial charge on any atom is 0.197 e. The van der Waals surface area contributed by atoms with Crippen LogP contribution in [0.3, 0.4) is 0 Å². The summed E-state index contributed by atoms with van der Waals surface area (Å²) < 4.78 is 0. The molecule has 0 saturated carbocycles. The molecule has 0 saturated heterocycles. The van der Waals surface area contributed by atoms with Gasteiger partial charge in [0.2, 0.25) is 0 Å². The molecular weight excluding hydrogens is 300 g/mol. The molecule has 5 aromatic rings. The molecule has 3 heterocycles. The number of rotatable bonds is 1. The van der Waals surface area contributed by atoms with E-state index in [4.69, 9.17) is 0 Å². The van der Waals surface area contributed by atoms with Gasteiger partial charge < -0.3 is 9.97 Å². The Hall–Kier alpha value is -3.28. The minimum absolute atomic E-state index is 0.633. The number of hydrogen-bond donors (Lipinski definition) is 2. The van der Waals surface area contributed by atoms with Crippen LogP contribution in [-0.4, -0.2) is 29.9 Å². The summed E-state index contributed by atoms with van der Waals surface area (Å²) in [6, 6.07) is 10.4. The van der Waals surface area contributed by atoms with Gasteiger partial charge in [-0.25, -0.2) is 19.9 Å². The van der Waals surface area contributed by atoms with E-state index in [0.29, 0.717) is 11.3 Å². The maximum absolute atomic E-state index is 4.59. The summed E-state index contributed by atoms with van der Waals surface area (Å²) in [5, 5.41) is 2.26. The van der Waals surface area contributed by atoms with Crippen molar-refractivity contribution in [3.8, 4) is 11.4 Å². The van der Waals surface area contributed by atoms with Crippen molar-refractivity contribution in [1.29, 1.82) is 0 Å². The summed E-state index contributed by atoms with van der Waals surface area (Å²) in [5.74, 6) is 1.70. The van der Waals surface area contributed by atoms with E-state index in [9.17, 15) is 0 Å². The molecule has 6 nitrogen and oxygen atoms in total. The van der Waals surface area contributed by atoms with E-state index in [1.165, 1.54) is 0 Å². The Morgan fingerprint density at radius 1 is 0.917 bits per heavy atom. The number of aromatic amines is 2. The topological polar surface area (TPSA) is 83.1 Å². The van der Waals surface area contributed by atoms with Gasteiger partial charge in [0.05, 0.1) is 22.9 Å². The highest BCUT2D eigenvalue weighted by molar-refractivity contribution is 6.05. The molecular formula is C18H14N6. The van der Waals surface area contributed by atoms with Crippen LogP contribution in [0.1, 0.15) is 11.5 Å². The minimum atomic E-state index is 0.633. The molecule has 0 radical (unpaired) electrons. The molecule has 0 aliphatic rings. The molecule has 6 heteroatoms. The first kappa shape index (κ1) is 13.2. The largest absolute Gasteiger partial charge is 0.342 e. The van der Waals surface area contributed by atoms with Crippen LogP contribution in [0.5, 0.6) is 0 Å². The average Bonchev–Trinajstić information content (AvgIpc) is 3.16. The lowest BCUT2D eigenvalue weighted by molar-refractivity contribution is 1.16. The van der Waals surface area contributed by atoms with E-state index in [0.717, 1.165) is 44.7 Å². The normalized spacial score (nSPS) is 11.8. The smallest absolute Gasteiger partial charge is 0.197 e. The zero-order valence-electron chi connectivity index (χ0n) is 13.3. The molecule has 0 atom stereocenters. The van der Waals surface area contributed by atoms with Gasteiger partial charge in [-0.15, -0.1) is 0 Å². The third kappa shape index (κ3) is 1.89. The SMILES string of the molecule is Cc1cnc2nc(-c3ccc4c(ccc5[nH]c(C)nc54)c3)[nH]c2n1. The van der Waals surface area contributed by atoms with Gasteiger partial charge >= 0.3 is 0 Å². The fourth-order valence-electron chi connectivity index (χ4n) is 3.09. The second-order valence-electron chi connectivity index (χ2n) is 5.99. The first-order valence-corrected chi connectivity index (χ1v) is 7.76. The highest BCUT2D eigenvalue weighted by atomic mass is 15.0. The number of benzene rings is 2. The molecule has 2 aromatic carbocycles. The number of nitrogens with one attached hydrogen (secondary N) is 2. The van der Waals surface area contributed by atoms with Crippen LogP contribution in [0.2, 0.25) is 0 Å². The van der Waals surface area contributed by atoms with Crippen molar-refractivity contribution in [2.45, 2.75) is 13.8 Å². The van der Waals surface area contributed by atoms with Crippen molar-refractivity contribution >= 4 is 33.1 Å². The Balaban J connectivity index is 1.72. The van der Waals surface area contributed by atoms with Gasteiger partial charge in [-0.2, -0.15) is 0 Å².